The van der Waals surface area contributed by atoms with Crippen molar-refractivity contribution in [1.29, 1.82) is 0 Å². The second kappa shape index (κ2) is 8.37. The van der Waals surface area contributed by atoms with Crippen molar-refractivity contribution in [2.24, 2.45) is 0 Å². The normalized spacial score (nSPS) is 10.0. The highest BCUT2D eigenvalue weighted by molar-refractivity contribution is 9.10. The van der Waals surface area contributed by atoms with Gasteiger partial charge in [0.15, 0.2) is 0 Å². The van der Waals surface area contributed by atoms with Crippen LogP contribution in [0.25, 0.3) is 0 Å². The Morgan fingerprint density at radius 2 is 2.06 bits per heavy atom. The summed E-state index contributed by atoms with van der Waals surface area (Å²) >= 11 is 8.92. The number of carbonyl (C=O) groups is 1. The Morgan fingerprint density at radius 3 is 2.76 bits per heavy atom. The highest BCUT2D eigenvalue weighted by atomic mass is 79.9. The van der Waals surface area contributed by atoms with Gasteiger partial charge >= 0.3 is 6.03 Å². The lowest BCUT2D eigenvalue weighted by Gasteiger charge is -2.07. The number of hydrogen-bond acceptors (Lipinski definition) is 1. The third-order valence-electron chi connectivity index (χ3n) is 2.18. The van der Waals surface area contributed by atoms with E-state index in [2.05, 4.69) is 26.6 Å². The molecule has 0 spiro atoms. The predicted molar refractivity (Wildman–Crippen MR) is 74.6 cm³/mol. The van der Waals surface area contributed by atoms with Gasteiger partial charge in [-0.05, 0) is 30.5 Å². The third kappa shape index (κ3) is 6.54. The first-order valence-electron chi connectivity index (χ1n) is 5.54. The summed E-state index contributed by atoms with van der Waals surface area (Å²) in [6.45, 7) is 1.25. The number of rotatable bonds is 6. The van der Waals surface area contributed by atoms with Gasteiger partial charge in [0.05, 0.1) is 0 Å². The van der Waals surface area contributed by atoms with Gasteiger partial charge in [-0.2, -0.15) is 0 Å². The van der Waals surface area contributed by atoms with E-state index < -0.39 is 0 Å². The topological polar surface area (TPSA) is 41.1 Å². The summed E-state index contributed by atoms with van der Waals surface area (Å²) in [5.74, 6) is 0.568. The smallest absolute Gasteiger partial charge is 0.314 e. The van der Waals surface area contributed by atoms with Crippen molar-refractivity contribution < 1.29 is 4.79 Å². The standard InChI is InChI=1S/C12H16BrClN2O/c13-11-4-1-3-10(9-11)5-8-16-12(17)15-7-2-6-14/h1,3-4,9H,2,5-8H2,(H2,15,16,17). The molecular formula is C12H16BrClN2O. The first-order valence-corrected chi connectivity index (χ1v) is 6.87. The van der Waals surface area contributed by atoms with Crippen LogP contribution in [0, 0.1) is 0 Å². The molecular weight excluding hydrogens is 304 g/mol. The summed E-state index contributed by atoms with van der Waals surface area (Å²) in [5.41, 5.74) is 1.19. The van der Waals surface area contributed by atoms with Crippen LogP contribution in [-0.2, 0) is 6.42 Å². The second-order valence-electron chi connectivity index (χ2n) is 3.61. The van der Waals surface area contributed by atoms with E-state index in [-0.39, 0.29) is 6.03 Å². The molecule has 0 atom stereocenters. The summed E-state index contributed by atoms with van der Waals surface area (Å²) in [6, 6.07) is 7.92. The van der Waals surface area contributed by atoms with E-state index in [1.165, 1.54) is 5.56 Å². The SMILES string of the molecule is O=C(NCCCCl)NCCc1cccc(Br)c1. The Labute approximate surface area is 115 Å². The molecule has 0 fully saturated rings. The van der Waals surface area contributed by atoms with Gasteiger partial charge in [0.2, 0.25) is 0 Å². The lowest BCUT2D eigenvalue weighted by molar-refractivity contribution is 0.241. The third-order valence-corrected chi connectivity index (χ3v) is 2.94. The number of carbonyl (C=O) groups excluding carboxylic acids is 1. The van der Waals surface area contributed by atoms with Crippen molar-refractivity contribution >= 4 is 33.6 Å². The minimum atomic E-state index is -0.134. The molecule has 3 nitrogen and oxygen atoms in total. The fraction of sp³-hybridized carbons (Fsp3) is 0.417. The molecule has 94 valence electrons. The summed E-state index contributed by atoms with van der Waals surface area (Å²) in [5, 5.41) is 5.54. The predicted octanol–water partition coefficient (Wildman–Crippen LogP) is 2.92. The van der Waals surface area contributed by atoms with Crippen LogP contribution in [0.2, 0.25) is 0 Å². The van der Waals surface area contributed by atoms with Gasteiger partial charge in [0.25, 0.3) is 0 Å². The number of nitrogens with one attached hydrogen (secondary N) is 2. The van der Waals surface area contributed by atoms with E-state index in [4.69, 9.17) is 11.6 Å². The van der Waals surface area contributed by atoms with E-state index in [9.17, 15) is 4.79 Å². The van der Waals surface area contributed by atoms with Crippen molar-refractivity contribution in [3.63, 3.8) is 0 Å². The van der Waals surface area contributed by atoms with Crippen LogP contribution >= 0.6 is 27.5 Å². The van der Waals surface area contributed by atoms with E-state index in [0.717, 1.165) is 17.3 Å². The molecule has 17 heavy (non-hydrogen) atoms. The van der Waals surface area contributed by atoms with Crippen molar-refractivity contribution in [2.75, 3.05) is 19.0 Å². The Kier molecular flexibility index (Phi) is 7.05. The van der Waals surface area contributed by atoms with E-state index in [1.54, 1.807) is 0 Å². The summed E-state index contributed by atoms with van der Waals surface area (Å²) < 4.78 is 1.06. The maximum atomic E-state index is 11.3. The largest absolute Gasteiger partial charge is 0.338 e. The fourth-order valence-corrected chi connectivity index (χ4v) is 1.92. The average molecular weight is 320 g/mol. The number of alkyl halides is 1. The van der Waals surface area contributed by atoms with Gasteiger partial charge in [-0.15, -0.1) is 11.6 Å². The molecule has 0 heterocycles. The van der Waals surface area contributed by atoms with Crippen LogP contribution in [0.3, 0.4) is 0 Å². The van der Waals surface area contributed by atoms with Crippen molar-refractivity contribution in [3.05, 3.63) is 34.3 Å². The van der Waals surface area contributed by atoms with Crippen LogP contribution in [0.5, 0.6) is 0 Å². The summed E-state index contributed by atoms with van der Waals surface area (Å²) in [4.78, 5) is 11.3. The zero-order valence-electron chi connectivity index (χ0n) is 9.51. The number of benzene rings is 1. The van der Waals surface area contributed by atoms with E-state index in [0.29, 0.717) is 19.0 Å². The first kappa shape index (κ1) is 14.3. The molecule has 2 N–H and O–H groups in total. The van der Waals surface area contributed by atoms with Crippen LogP contribution in [-0.4, -0.2) is 25.0 Å². The lowest BCUT2D eigenvalue weighted by Crippen LogP contribution is -2.37. The first-order chi connectivity index (χ1) is 8.22. The number of amides is 2. The maximum Gasteiger partial charge on any atom is 0.314 e. The number of urea groups is 1. The van der Waals surface area contributed by atoms with Gasteiger partial charge < -0.3 is 10.6 Å². The van der Waals surface area contributed by atoms with E-state index in [1.807, 2.05) is 24.3 Å². The molecule has 0 saturated carbocycles. The minimum absolute atomic E-state index is 0.134. The number of hydrogen-bond donors (Lipinski definition) is 2. The molecule has 0 bridgehead atoms. The summed E-state index contributed by atoms with van der Waals surface area (Å²) in [6.07, 6.45) is 1.61. The van der Waals surface area contributed by atoms with Gasteiger partial charge in [-0.3, -0.25) is 0 Å². The Morgan fingerprint density at radius 1 is 1.29 bits per heavy atom. The highest BCUT2D eigenvalue weighted by Gasteiger charge is 1.99. The molecule has 0 saturated heterocycles. The molecule has 1 aromatic carbocycles. The maximum absolute atomic E-state index is 11.3. The quantitative estimate of drug-likeness (QED) is 0.614. The molecule has 0 aliphatic carbocycles. The van der Waals surface area contributed by atoms with E-state index >= 15 is 0 Å². The Bertz CT molecular complexity index is 360. The highest BCUT2D eigenvalue weighted by Crippen LogP contribution is 2.11. The van der Waals surface area contributed by atoms with Crippen molar-refractivity contribution in [1.82, 2.24) is 10.6 Å². The molecule has 0 aliphatic heterocycles. The second-order valence-corrected chi connectivity index (χ2v) is 4.90. The molecule has 0 unspecified atom stereocenters. The van der Waals surface area contributed by atoms with Gasteiger partial charge in [0.1, 0.15) is 0 Å². The van der Waals surface area contributed by atoms with Crippen LogP contribution in [0.4, 0.5) is 4.79 Å². The van der Waals surface area contributed by atoms with Crippen LogP contribution in [0.15, 0.2) is 28.7 Å². The zero-order chi connectivity index (χ0) is 12.5. The number of halogens is 2. The van der Waals surface area contributed by atoms with Gasteiger partial charge in [0, 0.05) is 23.4 Å². The molecule has 0 aromatic heterocycles. The van der Waals surface area contributed by atoms with Gasteiger partial charge in [-0.25, -0.2) is 4.79 Å². The van der Waals surface area contributed by atoms with Crippen molar-refractivity contribution in [3.8, 4) is 0 Å². The monoisotopic (exact) mass is 318 g/mol. The van der Waals surface area contributed by atoms with Crippen LogP contribution < -0.4 is 10.6 Å². The van der Waals surface area contributed by atoms with Gasteiger partial charge in [-0.1, -0.05) is 28.1 Å². The van der Waals surface area contributed by atoms with Crippen LogP contribution in [0.1, 0.15) is 12.0 Å². The zero-order valence-corrected chi connectivity index (χ0v) is 11.9. The molecule has 5 heteroatoms. The molecule has 2 amide bonds. The lowest BCUT2D eigenvalue weighted by atomic mass is 10.1. The molecule has 1 rings (SSSR count). The minimum Gasteiger partial charge on any atom is -0.338 e. The van der Waals surface area contributed by atoms with Crippen molar-refractivity contribution in [2.45, 2.75) is 12.8 Å². The molecule has 0 radical (unpaired) electrons. The Balaban J connectivity index is 2.17. The summed E-state index contributed by atoms with van der Waals surface area (Å²) in [7, 11) is 0. The molecule has 0 aliphatic rings. The molecule has 1 aromatic rings. The average Bonchev–Trinajstić information content (AvgIpc) is 2.29. The fourth-order valence-electron chi connectivity index (χ4n) is 1.34. The Hall–Kier alpha value is -0.740.